The van der Waals surface area contributed by atoms with Crippen molar-refractivity contribution in [3.8, 4) is 5.75 Å². The lowest BCUT2D eigenvalue weighted by Crippen LogP contribution is -2.17. The van der Waals surface area contributed by atoms with E-state index in [0.29, 0.717) is 23.4 Å². The van der Waals surface area contributed by atoms with Gasteiger partial charge in [-0.2, -0.15) is 10.1 Å². The van der Waals surface area contributed by atoms with Gasteiger partial charge < -0.3 is 15.8 Å². The van der Waals surface area contributed by atoms with Crippen molar-refractivity contribution in [3.05, 3.63) is 42.4 Å². The van der Waals surface area contributed by atoms with Crippen LogP contribution in [0.1, 0.15) is 31.0 Å². The van der Waals surface area contributed by atoms with Crippen LogP contribution in [0.3, 0.4) is 0 Å². The smallest absolute Gasteiger partial charge is 0.222 e. The van der Waals surface area contributed by atoms with Gasteiger partial charge in [-0.15, -0.1) is 6.58 Å². The molecule has 0 aliphatic carbocycles. The Morgan fingerprint density at radius 2 is 2.20 bits per heavy atom. The lowest BCUT2D eigenvalue weighted by Gasteiger charge is -2.15. The zero-order valence-corrected chi connectivity index (χ0v) is 17.9. The average molecular weight is 411 g/mol. The fourth-order valence-corrected chi connectivity index (χ4v) is 3.21. The Morgan fingerprint density at radius 1 is 1.37 bits per heavy atom. The van der Waals surface area contributed by atoms with E-state index < -0.39 is 0 Å². The van der Waals surface area contributed by atoms with E-state index in [1.165, 1.54) is 0 Å². The van der Waals surface area contributed by atoms with Crippen molar-refractivity contribution in [1.82, 2.24) is 29.6 Å². The second-order valence-corrected chi connectivity index (χ2v) is 7.25. The number of pyridine rings is 1. The first-order valence-electron chi connectivity index (χ1n) is 10.1. The van der Waals surface area contributed by atoms with Crippen LogP contribution < -0.4 is 15.8 Å². The van der Waals surface area contributed by atoms with Crippen LogP contribution in [-0.2, 0) is 13.1 Å². The fourth-order valence-electron chi connectivity index (χ4n) is 3.21. The molecule has 0 bridgehead atoms. The highest BCUT2D eigenvalue weighted by molar-refractivity contribution is 5.85. The number of anilines is 2. The largest absolute Gasteiger partial charge is 0.495 e. The minimum Gasteiger partial charge on any atom is -0.495 e. The molecule has 3 N–H and O–H groups in total. The maximum absolute atomic E-state index is 5.87. The Bertz CT molecular complexity index is 1000. The van der Waals surface area contributed by atoms with Crippen LogP contribution in [0.4, 0.5) is 11.8 Å². The van der Waals surface area contributed by atoms with Gasteiger partial charge in [-0.3, -0.25) is 14.6 Å². The molecule has 3 heterocycles. The molecule has 0 radical (unpaired) electrons. The van der Waals surface area contributed by atoms with E-state index in [9.17, 15) is 0 Å². The zero-order valence-electron chi connectivity index (χ0n) is 17.9. The Hall–Kier alpha value is -3.20. The molecular weight excluding hydrogens is 380 g/mol. The molecule has 3 aromatic rings. The number of nitrogen functional groups attached to an aromatic ring is 1. The van der Waals surface area contributed by atoms with Crippen LogP contribution in [-0.4, -0.2) is 56.9 Å². The van der Waals surface area contributed by atoms with E-state index in [1.807, 2.05) is 31.6 Å². The van der Waals surface area contributed by atoms with E-state index in [-0.39, 0.29) is 5.95 Å². The van der Waals surface area contributed by atoms with E-state index >= 15 is 0 Å². The van der Waals surface area contributed by atoms with Gasteiger partial charge in [0.15, 0.2) is 11.3 Å². The first-order valence-corrected chi connectivity index (χ1v) is 10.1. The quantitative estimate of drug-likeness (QED) is 0.367. The minimum absolute atomic E-state index is 0.227. The van der Waals surface area contributed by atoms with E-state index in [2.05, 4.69) is 43.8 Å². The maximum Gasteiger partial charge on any atom is 0.222 e. The van der Waals surface area contributed by atoms with Crippen molar-refractivity contribution < 1.29 is 4.74 Å². The third-order valence-corrected chi connectivity index (χ3v) is 4.66. The standard InChI is InChI=1S/C21H30N8O/c1-5-7-8-23-20-19-17(25-21(22)26-20)14-29(27-19)13-16-18(30-4)10-15(11-24-16)12-28(3)9-6-2/h6,10-11,14H,2,5,7-9,12-13H2,1,3-4H3,(H3,22,23,25,26). The summed E-state index contributed by atoms with van der Waals surface area (Å²) in [7, 11) is 3.69. The molecule has 3 aromatic heterocycles. The number of rotatable bonds is 11. The predicted molar refractivity (Wildman–Crippen MR) is 120 cm³/mol. The van der Waals surface area contributed by atoms with Gasteiger partial charge in [0.1, 0.15) is 17.0 Å². The molecular formula is C21H30N8O. The van der Waals surface area contributed by atoms with Gasteiger partial charge in [0.05, 0.1) is 19.9 Å². The molecule has 0 spiro atoms. The monoisotopic (exact) mass is 410 g/mol. The number of hydrogen-bond acceptors (Lipinski definition) is 8. The summed E-state index contributed by atoms with van der Waals surface area (Å²) in [4.78, 5) is 15.4. The summed E-state index contributed by atoms with van der Waals surface area (Å²) in [6, 6.07) is 2.01. The summed E-state index contributed by atoms with van der Waals surface area (Å²) in [5.74, 6) is 1.61. The van der Waals surface area contributed by atoms with Crippen molar-refractivity contribution in [2.45, 2.75) is 32.9 Å². The van der Waals surface area contributed by atoms with Crippen LogP contribution in [0, 0.1) is 0 Å². The Morgan fingerprint density at radius 3 is 2.93 bits per heavy atom. The van der Waals surface area contributed by atoms with Crippen molar-refractivity contribution in [1.29, 1.82) is 0 Å². The molecule has 160 valence electrons. The zero-order chi connectivity index (χ0) is 21.5. The van der Waals surface area contributed by atoms with E-state index in [4.69, 9.17) is 10.5 Å². The first kappa shape index (κ1) is 21.5. The lowest BCUT2D eigenvalue weighted by molar-refractivity contribution is 0.359. The fraction of sp³-hybridized carbons (Fsp3) is 0.429. The van der Waals surface area contributed by atoms with Crippen molar-refractivity contribution >= 4 is 22.8 Å². The first-order chi connectivity index (χ1) is 14.5. The summed E-state index contributed by atoms with van der Waals surface area (Å²) in [6.45, 7) is 8.76. The third-order valence-electron chi connectivity index (χ3n) is 4.66. The molecule has 3 rings (SSSR count). The van der Waals surface area contributed by atoms with Gasteiger partial charge in [0.2, 0.25) is 5.95 Å². The topological polar surface area (TPSA) is 107 Å². The van der Waals surface area contributed by atoms with Crippen LogP contribution >= 0.6 is 0 Å². The van der Waals surface area contributed by atoms with E-state index in [1.54, 1.807) is 11.8 Å². The van der Waals surface area contributed by atoms with Gasteiger partial charge in [0, 0.05) is 25.8 Å². The van der Waals surface area contributed by atoms with Crippen LogP contribution in [0.15, 0.2) is 31.1 Å². The summed E-state index contributed by atoms with van der Waals surface area (Å²) in [6.07, 6.45) is 7.74. The summed E-state index contributed by atoms with van der Waals surface area (Å²) < 4.78 is 7.37. The molecule has 0 saturated heterocycles. The number of unbranched alkanes of at least 4 members (excludes halogenated alkanes) is 1. The molecule has 0 aliphatic rings. The van der Waals surface area contributed by atoms with Crippen molar-refractivity contribution in [2.75, 3.05) is 38.3 Å². The molecule has 9 heteroatoms. The SMILES string of the molecule is C=CCN(C)Cc1cnc(Cn2cc3nc(N)nc(NCCCC)c3n2)c(OC)c1. The molecule has 0 fully saturated rings. The normalized spacial score (nSPS) is 11.2. The van der Waals surface area contributed by atoms with Crippen LogP contribution in [0.25, 0.3) is 11.0 Å². The highest BCUT2D eigenvalue weighted by Crippen LogP contribution is 2.23. The number of aromatic nitrogens is 5. The molecule has 0 amide bonds. The minimum atomic E-state index is 0.227. The molecule has 30 heavy (non-hydrogen) atoms. The number of methoxy groups -OCH3 is 1. The van der Waals surface area contributed by atoms with Gasteiger partial charge in [-0.05, 0) is 25.1 Å². The van der Waals surface area contributed by atoms with Crippen molar-refractivity contribution in [2.24, 2.45) is 0 Å². The molecule has 0 aromatic carbocycles. The third kappa shape index (κ3) is 5.24. The number of nitrogens with one attached hydrogen (secondary N) is 1. The number of likely N-dealkylation sites (N-methyl/N-ethyl adjacent to an activating group) is 1. The van der Waals surface area contributed by atoms with Gasteiger partial charge in [-0.25, -0.2) is 4.98 Å². The highest BCUT2D eigenvalue weighted by Gasteiger charge is 2.14. The molecule has 0 aliphatic heterocycles. The van der Waals surface area contributed by atoms with Crippen molar-refractivity contribution in [3.63, 3.8) is 0 Å². The summed E-state index contributed by atoms with van der Waals surface area (Å²) in [5, 5.41) is 7.96. The summed E-state index contributed by atoms with van der Waals surface area (Å²) in [5.41, 5.74) is 9.14. The van der Waals surface area contributed by atoms with Crippen LogP contribution in [0.2, 0.25) is 0 Å². The maximum atomic E-state index is 5.87. The van der Waals surface area contributed by atoms with Gasteiger partial charge >= 0.3 is 0 Å². The number of ether oxygens (including phenoxy) is 1. The molecule has 9 nitrogen and oxygen atoms in total. The highest BCUT2D eigenvalue weighted by atomic mass is 16.5. The number of fused-ring (bicyclic) bond motifs is 1. The summed E-state index contributed by atoms with van der Waals surface area (Å²) >= 11 is 0. The number of hydrogen-bond donors (Lipinski definition) is 2. The molecule has 0 unspecified atom stereocenters. The Kier molecular flexibility index (Phi) is 7.18. The Balaban J connectivity index is 1.83. The predicted octanol–water partition coefficient (Wildman–Crippen LogP) is 2.69. The molecule has 0 atom stereocenters. The number of nitrogens with zero attached hydrogens (tertiary/aromatic N) is 6. The second-order valence-electron chi connectivity index (χ2n) is 7.25. The number of nitrogens with two attached hydrogens (primary N) is 1. The molecule has 0 saturated carbocycles. The Labute approximate surface area is 177 Å². The lowest BCUT2D eigenvalue weighted by atomic mass is 10.2. The van der Waals surface area contributed by atoms with E-state index in [0.717, 1.165) is 49.5 Å². The van der Waals surface area contributed by atoms with Crippen LogP contribution in [0.5, 0.6) is 5.75 Å². The van der Waals surface area contributed by atoms with Gasteiger partial charge in [0.25, 0.3) is 0 Å². The average Bonchev–Trinajstić information content (AvgIpc) is 3.11. The van der Waals surface area contributed by atoms with Gasteiger partial charge in [-0.1, -0.05) is 19.4 Å². The second kappa shape index (κ2) is 10.0.